The van der Waals surface area contributed by atoms with E-state index in [-0.39, 0.29) is 0 Å². The summed E-state index contributed by atoms with van der Waals surface area (Å²) in [5.41, 5.74) is 6.27. The number of benzene rings is 3. The molecular formula is C24H21BrN2. The highest BCUT2D eigenvalue weighted by Crippen LogP contribution is 2.39. The lowest BCUT2D eigenvalue weighted by atomic mass is 9.89. The van der Waals surface area contributed by atoms with Crippen LogP contribution >= 0.6 is 15.9 Å². The van der Waals surface area contributed by atoms with Gasteiger partial charge in [0.15, 0.2) is 0 Å². The van der Waals surface area contributed by atoms with Gasteiger partial charge in [-0.1, -0.05) is 71.4 Å². The molecule has 0 aliphatic carbocycles. The van der Waals surface area contributed by atoms with Crippen LogP contribution in [0.2, 0.25) is 0 Å². The Bertz CT molecular complexity index is 1170. The van der Waals surface area contributed by atoms with Crippen molar-refractivity contribution in [2.24, 2.45) is 0 Å². The molecule has 0 bridgehead atoms. The van der Waals surface area contributed by atoms with E-state index in [1.807, 2.05) is 0 Å². The van der Waals surface area contributed by atoms with E-state index in [1.165, 1.54) is 32.8 Å². The molecule has 0 spiro atoms. The van der Waals surface area contributed by atoms with Gasteiger partial charge in [0, 0.05) is 28.5 Å². The molecule has 0 radical (unpaired) electrons. The Balaban J connectivity index is 1.89. The van der Waals surface area contributed by atoms with Crippen LogP contribution in [0.25, 0.3) is 32.9 Å². The number of pyridine rings is 1. The van der Waals surface area contributed by atoms with Crippen molar-refractivity contribution in [3.8, 4) is 11.3 Å². The maximum atomic E-state index is 5.18. The predicted octanol–water partition coefficient (Wildman–Crippen LogP) is 6.20. The highest BCUT2D eigenvalue weighted by Gasteiger charge is 2.24. The molecule has 4 aromatic rings. The molecule has 0 saturated carbocycles. The van der Waals surface area contributed by atoms with Crippen molar-refractivity contribution in [1.29, 1.82) is 0 Å². The summed E-state index contributed by atoms with van der Waals surface area (Å²) in [6, 6.07) is 21.5. The summed E-state index contributed by atoms with van der Waals surface area (Å²) in [7, 11) is 0. The monoisotopic (exact) mass is 416 g/mol. The standard InChI is InChI=1S/C24H21BrN2/c1-2-27-14-13-18-20(15-27)24(19-9-5-6-10-21(19)25)26-22-12-11-16-7-3-4-8-17(16)23(18)22/h3-12H,2,13-15H2,1H3. The summed E-state index contributed by atoms with van der Waals surface area (Å²) in [4.78, 5) is 7.70. The van der Waals surface area contributed by atoms with Gasteiger partial charge in [0.05, 0.1) is 11.2 Å². The van der Waals surface area contributed by atoms with E-state index in [0.29, 0.717) is 0 Å². The molecule has 2 nitrogen and oxygen atoms in total. The van der Waals surface area contributed by atoms with Gasteiger partial charge in [-0.3, -0.25) is 4.90 Å². The Morgan fingerprint density at radius 3 is 2.63 bits per heavy atom. The molecule has 0 fully saturated rings. The fourth-order valence-electron chi connectivity index (χ4n) is 4.32. The molecule has 0 N–H and O–H groups in total. The first-order chi connectivity index (χ1) is 13.3. The first-order valence-corrected chi connectivity index (χ1v) is 10.4. The van der Waals surface area contributed by atoms with Gasteiger partial charge in [0.25, 0.3) is 0 Å². The van der Waals surface area contributed by atoms with Crippen molar-refractivity contribution in [1.82, 2.24) is 9.88 Å². The van der Waals surface area contributed by atoms with Crippen molar-refractivity contribution < 1.29 is 0 Å². The van der Waals surface area contributed by atoms with Crippen LogP contribution in [0.5, 0.6) is 0 Å². The van der Waals surface area contributed by atoms with E-state index in [2.05, 4.69) is 88.4 Å². The molecule has 0 unspecified atom stereocenters. The summed E-state index contributed by atoms with van der Waals surface area (Å²) in [6.07, 6.45) is 1.08. The van der Waals surface area contributed by atoms with Crippen LogP contribution in [-0.2, 0) is 13.0 Å². The molecule has 27 heavy (non-hydrogen) atoms. The molecule has 3 heteroatoms. The Morgan fingerprint density at radius 1 is 0.963 bits per heavy atom. The third-order valence-corrected chi connectivity index (χ3v) is 6.42. The molecule has 0 amide bonds. The summed E-state index contributed by atoms with van der Waals surface area (Å²) >= 11 is 3.74. The lowest BCUT2D eigenvalue weighted by Gasteiger charge is -2.30. The first-order valence-electron chi connectivity index (χ1n) is 9.56. The van der Waals surface area contributed by atoms with Gasteiger partial charge < -0.3 is 0 Å². The van der Waals surface area contributed by atoms with E-state index < -0.39 is 0 Å². The highest BCUT2D eigenvalue weighted by molar-refractivity contribution is 9.10. The lowest BCUT2D eigenvalue weighted by Crippen LogP contribution is -2.31. The maximum absolute atomic E-state index is 5.18. The Kier molecular flexibility index (Phi) is 4.22. The van der Waals surface area contributed by atoms with Crippen LogP contribution < -0.4 is 0 Å². The molecule has 0 saturated heterocycles. The zero-order valence-corrected chi connectivity index (χ0v) is 17.0. The number of aromatic nitrogens is 1. The van der Waals surface area contributed by atoms with Gasteiger partial charge in [0.2, 0.25) is 0 Å². The van der Waals surface area contributed by atoms with Crippen LogP contribution in [0.3, 0.4) is 0 Å². The van der Waals surface area contributed by atoms with E-state index in [4.69, 9.17) is 4.98 Å². The van der Waals surface area contributed by atoms with Gasteiger partial charge in [-0.2, -0.15) is 0 Å². The number of rotatable bonds is 2. The van der Waals surface area contributed by atoms with Gasteiger partial charge >= 0.3 is 0 Å². The minimum atomic E-state index is 0.967. The molecule has 134 valence electrons. The Morgan fingerprint density at radius 2 is 1.78 bits per heavy atom. The minimum Gasteiger partial charge on any atom is -0.299 e. The summed E-state index contributed by atoms with van der Waals surface area (Å²) in [5.74, 6) is 0. The summed E-state index contributed by atoms with van der Waals surface area (Å²) in [6.45, 7) is 5.39. The number of likely N-dealkylation sites (N-methyl/N-ethyl adjacent to an activating group) is 1. The van der Waals surface area contributed by atoms with Crippen LogP contribution in [-0.4, -0.2) is 23.0 Å². The van der Waals surface area contributed by atoms with Gasteiger partial charge in [-0.05, 0) is 47.0 Å². The Labute approximate surface area is 168 Å². The van der Waals surface area contributed by atoms with Crippen molar-refractivity contribution in [2.45, 2.75) is 19.9 Å². The number of hydrogen-bond donors (Lipinski definition) is 0. The second-order valence-corrected chi connectivity index (χ2v) is 8.05. The zero-order valence-electron chi connectivity index (χ0n) is 15.4. The normalized spacial score (nSPS) is 14.6. The van der Waals surface area contributed by atoms with Crippen molar-refractivity contribution in [2.75, 3.05) is 13.1 Å². The molecule has 5 rings (SSSR count). The van der Waals surface area contributed by atoms with Gasteiger partial charge in [0.1, 0.15) is 0 Å². The molecule has 0 atom stereocenters. The molecule has 3 aromatic carbocycles. The number of hydrogen-bond acceptors (Lipinski definition) is 2. The molecule has 2 heterocycles. The second kappa shape index (κ2) is 6.74. The van der Waals surface area contributed by atoms with Crippen molar-refractivity contribution >= 4 is 37.6 Å². The molecule has 1 aliphatic heterocycles. The highest BCUT2D eigenvalue weighted by atomic mass is 79.9. The summed E-state index contributed by atoms with van der Waals surface area (Å²) in [5, 5.41) is 3.96. The number of nitrogens with zero attached hydrogens (tertiary/aromatic N) is 2. The van der Waals surface area contributed by atoms with Crippen LogP contribution in [0.15, 0.2) is 65.1 Å². The third kappa shape index (κ3) is 2.77. The van der Waals surface area contributed by atoms with Gasteiger partial charge in [-0.25, -0.2) is 4.98 Å². The average Bonchev–Trinajstić information content (AvgIpc) is 2.72. The predicted molar refractivity (Wildman–Crippen MR) is 117 cm³/mol. The smallest absolute Gasteiger partial charge is 0.0768 e. The number of halogens is 1. The quantitative estimate of drug-likeness (QED) is 0.361. The number of fused-ring (bicyclic) bond motifs is 5. The zero-order chi connectivity index (χ0) is 18.4. The van der Waals surface area contributed by atoms with Crippen molar-refractivity contribution in [3.05, 3.63) is 76.3 Å². The van der Waals surface area contributed by atoms with E-state index in [9.17, 15) is 0 Å². The van der Waals surface area contributed by atoms with Crippen LogP contribution in [0, 0.1) is 0 Å². The average molecular weight is 417 g/mol. The molecular weight excluding hydrogens is 396 g/mol. The van der Waals surface area contributed by atoms with Crippen LogP contribution in [0.1, 0.15) is 18.1 Å². The van der Waals surface area contributed by atoms with E-state index in [1.54, 1.807) is 0 Å². The maximum Gasteiger partial charge on any atom is 0.0768 e. The van der Waals surface area contributed by atoms with E-state index in [0.717, 1.165) is 41.7 Å². The minimum absolute atomic E-state index is 0.967. The largest absolute Gasteiger partial charge is 0.299 e. The fraction of sp³-hybridized carbons (Fsp3) is 0.208. The first kappa shape index (κ1) is 16.9. The Hall–Kier alpha value is -2.23. The lowest BCUT2D eigenvalue weighted by molar-refractivity contribution is 0.269. The molecule has 1 aliphatic rings. The van der Waals surface area contributed by atoms with Gasteiger partial charge in [-0.15, -0.1) is 0 Å². The van der Waals surface area contributed by atoms with Crippen LogP contribution in [0.4, 0.5) is 0 Å². The molecule has 1 aromatic heterocycles. The van der Waals surface area contributed by atoms with E-state index >= 15 is 0 Å². The van der Waals surface area contributed by atoms with Crippen molar-refractivity contribution in [3.63, 3.8) is 0 Å². The topological polar surface area (TPSA) is 16.1 Å². The second-order valence-electron chi connectivity index (χ2n) is 7.20. The SMILES string of the molecule is CCN1CCc2c(c(-c3ccccc3Br)nc3ccc4ccccc4c23)C1. The fourth-order valence-corrected chi connectivity index (χ4v) is 4.79. The third-order valence-electron chi connectivity index (χ3n) is 5.73. The summed E-state index contributed by atoms with van der Waals surface area (Å²) < 4.78 is 1.11.